The van der Waals surface area contributed by atoms with Gasteiger partial charge in [-0.2, -0.15) is 0 Å². The third-order valence-electron chi connectivity index (χ3n) is 4.56. The van der Waals surface area contributed by atoms with Gasteiger partial charge in [0, 0.05) is 6.07 Å². The molecule has 9 heteroatoms. The molecule has 0 saturated carbocycles. The van der Waals surface area contributed by atoms with Gasteiger partial charge in [0.2, 0.25) is 5.76 Å². The second kappa shape index (κ2) is 7.87. The quantitative estimate of drug-likeness (QED) is 0.545. The third-order valence-corrected chi connectivity index (χ3v) is 4.56. The van der Waals surface area contributed by atoms with Crippen LogP contribution in [0.4, 0.5) is 4.79 Å². The zero-order valence-corrected chi connectivity index (χ0v) is 16.1. The lowest BCUT2D eigenvalue weighted by Crippen LogP contribution is -2.44. The molecule has 0 aliphatic carbocycles. The van der Waals surface area contributed by atoms with Crippen molar-refractivity contribution in [1.29, 1.82) is 0 Å². The normalized spacial score (nSPS) is 19.4. The Hall–Kier alpha value is -3.10. The molecule has 1 saturated heterocycles. The second-order valence-electron chi connectivity index (χ2n) is 7.41. The largest absolute Gasteiger partial charge is 0.461 e. The summed E-state index contributed by atoms with van der Waals surface area (Å²) >= 11 is 0. The first-order chi connectivity index (χ1) is 13.3. The molecule has 2 aromatic rings. The molecule has 3 heterocycles. The van der Waals surface area contributed by atoms with E-state index in [4.69, 9.17) is 13.7 Å². The number of rotatable bonds is 8. The van der Waals surface area contributed by atoms with E-state index >= 15 is 0 Å². The maximum Gasteiger partial charge on any atom is 0.326 e. The van der Waals surface area contributed by atoms with Crippen molar-refractivity contribution in [1.82, 2.24) is 15.4 Å². The van der Waals surface area contributed by atoms with Crippen molar-refractivity contribution in [2.45, 2.75) is 45.8 Å². The lowest BCUT2D eigenvalue weighted by Gasteiger charge is -2.22. The number of imide groups is 1. The van der Waals surface area contributed by atoms with Gasteiger partial charge in [-0.15, -0.1) is 0 Å². The summed E-state index contributed by atoms with van der Waals surface area (Å²) in [7, 11) is 0. The predicted octanol–water partition coefficient (Wildman–Crippen LogP) is 2.72. The van der Waals surface area contributed by atoms with Gasteiger partial charge < -0.3 is 19.0 Å². The first-order valence-corrected chi connectivity index (χ1v) is 9.08. The average Bonchev–Trinajstić information content (AvgIpc) is 3.36. The van der Waals surface area contributed by atoms with Gasteiger partial charge in [0.25, 0.3) is 5.91 Å². The van der Waals surface area contributed by atoms with E-state index in [1.165, 1.54) is 6.26 Å². The molecule has 1 aliphatic rings. The van der Waals surface area contributed by atoms with Crippen LogP contribution in [0.5, 0.6) is 0 Å². The molecule has 9 nitrogen and oxygen atoms in total. The number of carbonyl (C=O) groups is 3. The Morgan fingerprint density at radius 2 is 2.14 bits per heavy atom. The third kappa shape index (κ3) is 4.24. The first-order valence-electron chi connectivity index (χ1n) is 9.08. The number of ether oxygens (including phenoxy) is 1. The van der Waals surface area contributed by atoms with Crippen LogP contribution >= 0.6 is 0 Å². The van der Waals surface area contributed by atoms with E-state index in [-0.39, 0.29) is 6.61 Å². The summed E-state index contributed by atoms with van der Waals surface area (Å²) < 4.78 is 15.4. The number of nitrogens with one attached hydrogen (secondary N) is 1. The average molecular weight is 389 g/mol. The number of furan rings is 1. The molecule has 3 rings (SSSR count). The minimum atomic E-state index is -0.994. The highest BCUT2D eigenvalue weighted by Gasteiger charge is 2.48. The minimum Gasteiger partial charge on any atom is -0.461 e. The summed E-state index contributed by atoms with van der Waals surface area (Å²) in [6.45, 7) is 5.16. The van der Waals surface area contributed by atoms with Crippen molar-refractivity contribution in [3.63, 3.8) is 0 Å². The topological polar surface area (TPSA) is 115 Å². The smallest absolute Gasteiger partial charge is 0.326 e. The number of hydrogen-bond acceptors (Lipinski definition) is 7. The van der Waals surface area contributed by atoms with E-state index < -0.39 is 30.0 Å². The SMILES string of the molecule is CC(C)CC[C@]1(C)NC(=O)N(CC(=O)OCc2cc(-c3ccco3)on2)C1=O. The molecule has 1 N–H and O–H groups in total. The summed E-state index contributed by atoms with van der Waals surface area (Å²) in [6, 6.07) is 4.42. The summed E-state index contributed by atoms with van der Waals surface area (Å²) in [4.78, 5) is 37.7. The monoisotopic (exact) mass is 389 g/mol. The lowest BCUT2D eigenvalue weighted by molar-refractivity contribution is -0.149. The van der Waals surface area contributed by atoms with E-state index in [0.717, 1.165) is 11.3 Å². The van der Waals surface area contributed by atoms with Crippen LogP contribution in [-0.2, 0) is 20.9 Å². The highest BCUT2D eigenvalue weighted by molar-refractivity contribution is 6.08. The summed E-state index contributed by atoms with van der Waals surface area (Å²) in [5.41, 5.74) is -0.607. The molecule has 3 amide bonds. The van der Waals surface area contributed by atoms with Gasteiger partial charge in [0.1, 0.15) is 24.4 Å². The van der Waals surface area contributed by atoms with Crippen molar-refractivity contribution < 1.29 is 28.1 Å². The fraction of sp³-hybridized carbons (Fsp3) is 0.474. The minimum absolute atomic E-state index is 0.142. The van der Waals surface area contributed by atoms with Crippen LogP contribution in [0.15, 0.2) is 33.4 Å². The number of aromatic nitrogens is 1. The van der Waals surface area contributed by atoms with E-state index in [1.807, 2.05) is 13.8 Å². The Balaban J connectivity index is 1.53. The molecule has 2 aromatic heterocycles. The Kier molecular flexibility index (Phi) is 5.53. The van der Waals surface area contributed by atoms with Crippen LogP contribution in [0.1, 0.15) is 39.3 Å². The molecule has 150 valence electrons. The molecule has 0 aromatic carbocycles. The van der Waals surface area contributed by atoms with Crippen LogP contribution in [0.25, 0.3) is 11.5 Å². The summed E-state index contributed by atoms with van der Waals surface area (Å²) in [6.07, 6.45) is 2.80. The molecule has 0 unspecified atom stereocenters. The van der Waals surface area contributed by atoms with Crippen molar-refractivity contribution in [2.75, 3.05) is 6.54 Å². The van der Waals surface area contributed by atoms with E-state index in [2.05, 4.69) is 10.5 Å². The fourth-order valence-electron chi connectivity index (χ4n) is 2.88. The van der Waals surface area contributed by atoms with Crippen molar-refractivity contribution in [3.8, 4) is 11.5 Å². The zero-order chi connectivity index (χ0) is 20.3. The molecule has 0 spiro atoms. The lowest BCUT2D eigenvalue weighted by atomic mass is 9.92. The number of amides is 3. The highest BCUT2D eigenvalue weighted by atomic mass is 16.5. The van der Waals surface area contributed by atoms with Crippen molar-refractivity contribution in [3.05, 3.63) is 30.2 Å². The number of nitrogens with zero attached hydrogens (tertiary/aromatic N) is 2. The van der Waals surface area contributed by atoms with Crippen LogP contribution in [0.2, 0.25) is 0 Å². The molecule has 1 fully saturated rings. The zero-order valence-electron chi connectivity index (χ0n) is 16.1. The standard InChI is InChI=1S/C19H23N3O6/c1-12(2)6-7-19(3)17(24)22(18(25)20-19)10-16(23)27-11-13-9-15(28-21-13)14-5-4-8-26-14/h4-5,8-9,12H,6-7,10-11H2,1-3H3,(H,20,25)/t19-/m0/s1. The molecular weight excluding hydrogens is 366 g/mol. The van der Waals surface area contributed by atoms with Crippen molar-refractivity contribution in [2.24, 2.45) is 5.92 Å². The Morgan fingerprint density at radius 1 is 1.36 bits per heavy atom. The molecule has 1 atom stereocenters. The van der Waals surface area contributed by atoms with Gasteiger partial charge in [-0.05, 0) is 37.8 Å². The highest BCUT2D eigenvalue weighted by Crippen LogP contribution is 2.25. The number of hydrogen-bond donors (Lipinski definition) is 1. The van der Waals surface area contributed by atoms with E-state index in [1.54, 1.807) is 25.1 Å². The van der Waals surface area contributed by atoms with Crippen LogP contribution < -0.4 is 5.32 Å². The second-order valence-corrected chi connectivity index (χ2v) is 7.41. The molecule has 28 heavy (non-hydrogen) atoms. The fourth-order valence-corrected chi connectivity index (χ4v) is 2.88. The maximum atomic E-state index is 12.6. The van der Waals surface area contributed by atoms with Gasteiger partial charge in [-0.25, -0.2) is 4.79 Å². The van der Waals surface area contributed by atoms with Crippen LogP contribution in [0, 0.1) is 5.92 Å². The maximum absolute atomic E-state index is 12.6. The molecule has 0 bridgehead atoms. The van der Waals surface area contributed by atoms with Gasteiger partial charge in [-0.1, -0.05) is 19.0 Å². The predicted molar refractivity (Wildman–Crippen MR) is 96.7 cm³/mol. The first kappa shape index (κ1) is 19.7. The number of esters is 1. The summed E-state index contributed by atoms with van der Waals surface area (Å²) in [5, 5.41) is 6.47. The van der Waals surface area contributed by atoms with E-state index in [0.29, 0.717) is 29.6 Å². The number of carbonyl (C=O) groups excluding carboxylic acids is 3. The van der Waals surface area contributed by atoms with Gasteiger partial charge in [0.05, 0.1) is 6.26 Å². The van der Waals surface area contributed by atoms with Gasteiger partial charge in [0.15, 0.2) is 5.76 Å². The molecular formula is C19H23N3O6. The van der Waals surface area contributed by atoms with Crippen LogP contribution in [0.3, 0.4) is 0 Å². The molecule has 1 aliphatic heterocycles. The Morgan fingerprint density at radius 3 is 2.82 bits per heavy atom. The van der Waals surface area contributed by atoms with Crippen LogP contribution in [-0.4, -0.2) is 40.0 Å². The number of urea groups is 1. The Labute approximate surface area is 162 Å². The summed E-state index contributed by atoms with van der Waals surface area (Å²) in [5.74, 6) is 0.182. The molecule has 0 radical (unpaired) electrons. The van der Waals surface area contributed by atoms with Gasteiger partial charge in [-0.3, -0.25) is 14.5 Å². The van der Waals surface area contributed by atoms with Gasteiger partial charge >= 0.3 is 12.0 Å². The Bertz CT molecular complexity index is 857. The van der Waals surface area contributed by atoms with E-state index in [9.17, 15) is 14.4 Å². The van der Waals surface area contributed by atoms with Crippen molar-refractivity contribution >= 4 is 17.9 Å².